The molecule has 3 N–H and O–H groups in total. The quantitative estimate of drug-likeness (QED) is 0.502. The van der Waals surface area contributed by atoms with Gasteiger partial charge in [0.2, 0.25) is 0 Å². The first kappa shape index (κ1) is 5.16. The molecule has 0 atom stereocenters. The van der Waals surface area contributed by atoms with E-state index in [1.807, 2.05) is 0 Å². The molecule has 0 spiro atoms. The lowest BCUT2D eigenvalue weighted by Crippen LogP contribution is -1.92. The lowest BCUT2D eigenvalue weighted by molar-refractivity contribution is 0.199. The number of anilines is 1. The molecule has 2 aromatic rings. The fraction of sp³-hybridized carbons (Fsp3) is 0. The van der Waals surface area contributed by atoms with E-state index in [4.69, 9.17) is 10.9 Å². The van der Waals surface area contributed by atoms with Crippen LogP contribution < -0.4 is 5.73 Å². The molecule has 0 radical (unpaired) electrons. The summed E-state index contributed by atoms with van der Waals surface area (Å²) in [5, 5.41) is 9.06. The second-order valence-corrected chi connectivity index (χ2v) is 2.00. The summed E-state index contributed by atoms with van der Waals surface area (Å²) >= 11 is 0. The van der Waals surface area contributed by atoms with Gasteiger partial charge in [-0.3, -0.25) is 4.40 Å². The highest BCUT2D eigenvalue weighted by Crippen LogP contribution is 2.09. The molecule has 52 valence electrons. The van der Waals surface area contributed by atoms with Crippen molar-refractivity contribution in [3.8, 4) is 0 Å². The van der Waals surface area contributed by atoms with Crippen molar-refractivity contribution in [3.63, 3.8) is 0 Å². The molecule has 0 saturated carbocycles. The van der Waals surface area contributed by atoms with Crippen LogP contribution in [0.2, 0.25) is 0 Å². The molecule has 0 aliphatic heterocycles. The van der Waals surface area contributed by atoms with E-state index in [0.29, 0.717) is 11.5 Å². The summed E-state index contributed by atoms with van der Waals surface area (Å²) in [6.07, 6.45) is 4.70. The van der Waals surface area contributed by atoms with Crippen LogP contribution in [0.15, 0.2) is 18.7 Å². The Labute approximate surface area is 56.3 Å². The van der Waals surface area contributed by atoms with Gasteiger partial charge in [-0.1, -0.05) is 0 Å². The number of hydrogen-bond donors (Lipinski definition) is 2. The normalized spacial score (nSPS) is 10.8. The number of nitrogens with zero attached hydrogens (tertiary/aromatic N) is 3. The van der Waals surface area contributed by atoms with Crippen molar-refractivity contribution >= 4 is 11.5 Å². The van der Waals surface area contributed by atoms with Gasteiger partial charge in [-0.25, -0.2) is 4.98 Å². The van der Waals surface area contributed by atoms with Crippen LogP contribution in [0, 0.1) is 0 Å². The number of imidazole rings is 2. The lowest BCUT2D eigenvalue weighted by Gasteiger charge is -1.88. The Morgan fingerprint density at radius 3 is 3.00 bits per heavy atom. The molecule has 2 rings (SSSR count). The largest absolute Gasteiger partial charge is 0.427 e. The predicted octanol–water partition coefficient (Wildman–Crippen LogP) is -0.0447. The van der Waals surface area contributed by atoms with E-state index in [2.05, 4.69) is 4.98 Å². The monoisotopic (exact) mass is 138 g/mol. The minimum Gasteiger partial charge on any atom is -0.427 e. The molecule has 0 aliphatic carbocycles. The van der Waals surface area contributed by atoms with Crippen molar-refractivity contribution in [1.82, 2.24) is 14.1 Å². The molecule has 0 aliphatic rings. The third-order valence-electron chi connectivity index (χ3n) is 1.38. The van der Waals surface area contributed by atoms with Crippen LogP contribution in [0.4, 0.5) is 5.82 Å². The van der Waals surface area contributed by atoms with E-state index in [1.165, 1.54) is 12.5 Å². The highest BCUT2D eigenvalue weighted by molar-refractivity contribution is 5.60. The highest BCUT2D eigenvalue weighted by atomic mass is 16.5. The third-order valence-corrected chi connectivity index (χ3v) is 1.38. The molecule has 5 heteroatoms. The summed E-state index contributed by atoms with van der Waals surface area (Å²) in [6, 6.07) is 0. The average molecular weight is 138 g/mol. The molecular formula is C5H6N4O. The summed E-state index contributed by atoms with van der Waals surface area (Å²) in [6.45, 7) is 0. The number of hydrogen-bond acceptors (Lipinski definition) is 3. The Morgan fingerprint density at radius 2 is 2.30 bits per heavy atom. The standard InChI is InChI=1S/C5H6N4O/c6-4-5-8(3-7-4)1-2-9(5)10/h1-3,10H,6H2. The van der Waals surface area contributed by atoms with Gasteiger partial charge in [-0.05, 0) is 0 Å². The maximum Gasteiger partial charge on any atom is 0.196 e. The van der Waals surface area contributed by atoms with Gasteiger partial charge < -0.3 is 10.9 Å². The fourth-order valence-corrected chi connectivity index (χ4v) is 0.919. The molecule has 10 heavy (non-hydrogen) atoms. The average Bonchev–Trinajstić information content (AvgIpc) is 2.40. The Bertz CT molecular complexity index is 329. The number of rotatable bonds is 0. The molecular weight excluding hydrogens is 132 g/mol. The Hall–Kier alpha value is -1.65. The van der Waals surface area contributed by atoms with Crippen LogP contribution in [0.25, 0.3) is 5.65 Å². The summed E-state index contributed by atoms with van der Waals surface area (Å²) in [5.74, 6) is 0.326. The van der Waals surface area contributed by atoms with Crippen molar-refractivity contribution in [2.75, 3.05) is 5.73 Å². The first-order valence-electron chi connectivity index (χ1n) is 2.78. The zero-order valence-electron chi connectivity index (χ0n) is 5.10. The predicted molar refractivity (Wildman–Crippen MR) is 34.8 cm³/mol. The maximum atomic E-state index is 9.06. The maximum absolute atomic E-state index is 9.06. The van der Waals surface area contributed by atoms with Crippen molar-refractivity contribution in [2.45, 2.75) is 0 Å². The topological polar surface area (TPSA) is 68.5 Å². The van der Waals surface area contributed by atoms with Crippen molar-refractivity contribution in [2.24, 2.45) is 0 Å². The van der Waals surface area contributed by atoms with Gasteiger partial charge in [0, 0.05) is 6.20 Å². The van der Waals surface area contributed by atoms with Crippen LogP contribution in [-0.2, 0) is 0 Å². The van der Waals surface area contributed by atoms with Gasteiger partial charge in [-0.15, -0.1) is 0 Å². The summed E-state index contributed by atoms with van der Waals surface area (Å²) < 4.78 is 2.57. The lowest BCUT2D eigenvalue weighted by atomic mass is 10.7. The molecule has 2 heterocycles. The zero-order valence-corrected chi connectivity index (χ0v) is 5.10. The second kappa shape index (κ2) is 1.44. The van der Waals surface area contributed by atoms with Crippen molar-refractivity contribution in [1.29, 1.82) is 0 Å². The van der Waals surface area contributed by atoms with E-state index < -0.39 is 0 Å². The van der Waals surface area contributed by atoms with E-state index in [9.17, 15) is 0 Å². The molecule has 0 fully saturated rings. The SMILES string of the molecule is Nc1ncn2ccn(O)c12. The number of aromatic nitrogens is 3. The summed E-state index contributed by atoms with van der Waals surface area (Å²) in [7, 11) is 0. The van der Waals surface area contributed by atoms with Gasteiger partial charge in [0.25, 0.3) is 0 Å². The van der Waals surface area contributed by atoms with Gasteiger partial charge in [-0.2, -0.15) is 4.73 Å². The molecule has 2 aromatic heterocycles. The highest BCUT2D eigenvalue weighted by Gasteiger charge is 2.03. The van der Waals surface area contributed by atoms with Gasteiger partial charge in [0.15, 0.2) is 11.5 Å². The smallest absolute Gasteiger partial charge is 0.196 e. The first-order valence-corrected chi connectivity index (χ1v) is 2.78. The Balaban J connectivity index is 2.98. The fourth-order valence-electron chi connectivity index (χ4n) is 0.919. The van der Waals surface area contributed by atoms with Gasteiger partial charge in [0.1, 0.15) is 6.33 Å². The summed E-state index contributed by atoms with van der Waals surface area (Å²) in [5.41, 5.74) is 5.91. The number of nitrogens with two attached hydrogens (primary N) is 1. The minimum atomic E-state index is 0.326. The third kappa shape index (κ3) is 0.439. The first-order chi connectivity index (χ1) is 4.79. The molecule has 0 amide bonds. The Morgan fingerprint density at radius 1 is 1.50 bits per heavy atom. The number of fused-ring (bicyclic) bond motifs is 1. The molecule has 0 unspecified atom stereocenters. The second-order valence-electron chi connectivity index (χ2n) is 2.00. The molecule has 0 saturated heterocycles. The molecule has 5 nitrogen and oxygen atoms in total. The van der Waals surface area contributed by atoms with Crippen LogP contribution in [0.1, 0.15) is 0 Å². The van der Waals surface area contributed by atoms with Gasteiger partial charge in [0.05, 0.1) is 6.20 Å². The molecule has 0 bridgehead atoms. The van der Waals surface area contributed by atoms with E-state index in [0.717, 1.165) is 4.73 Å². The van der Waals surface area contributed by atoms with Crippen LogP contribution >= 0.6 is 0 Å². The van der Waals surface area contributed by atoms with Crippen molar-refractivity contribution < 1.29 is 5.21 Å². The summed E-state index contributed by atoms with van der Waals surface area (Å²) in [4.78, 5) is 3.78. The van der Waals surface area contributed by atoms with Crippen LogP contribution in [0.3, 0.4) is 0 Å². The van der Waals surface area contributed by atoms with Crippen LogP contribution in [0.5, 0.6) is 0 Å². The Kier molecular flexibility index (Phi) is 0.743. The number of nitrogen functional groups attached to an aromatic ring is 1. The van der Waals surface area contributed by atoms with Crippen molar-refractivity contribution in [3.05, 3.63) is 18.7 Å². The van der Waals surface area contributed by atoms with E-state index in [-0.39, 0.29) is 0 Å². The minimum absolute atomic E-state index is 0.326. The van der Waals surface area contributed by atoms with E-state index in [1.54, 1.807) is 10.6 Å². The van der Waals surface area contributed by atoms with Gasteiger partial charge >= 0.3 is 0 Å². The molecule has 0 aromatic carbocycles. The zero-order chi connectivity index (χ0) is 7.14. The van der Waals surface area contributed by atoms with Crippen LogP contribution in [-0.4, -0.2) is 19.3 Å². The van der Waals surface area contributed by atoms with E-state index >= 15 is 0 Å².